The summed E-state index contributed by atoms with van der Waals surface area (Å²) in [5.74, 6) is 1.38. The van der Waals surface area contributed by atoms with Gasteiger partial charge in [0.1, 0.15) is 0 Å². The van der Waals surface area contributed by atoms with Gasteiger partial charge in [-0.05, 0) is 44.1 Å². The van der Waals surface area contributed by atoms with Crippen LogP contribution in [0, 0.1) is 0 Å². The molecule has 0 saturated carbocycles. The average Bonchev–Trinajstić information content (AvgIpc) is 2.30. The van der Waals surface area contributed by atoms with Gasteiger partial charge in [-0.15, -0.1) is 0 Å². The van der Waals surface area contributed by atoms with E-state index in [4.69, 9.17) is 4.74 Å². The Bertz CT molecular complexity index is 206. The molecule has 16 heavy (non-hydrogen) atoms. The molecule has 1 aliphatic heterocycles. The maximum Gasteiger partial charge on any atom is 0.0951 e. The second-order valence-corrected chi connectivity index (χ2v) is 5.31. The van der Waals surface area contributed by atoms with Crippen molar-refractivity contribution in [2.24, 2.45) is 0 Å². The maximum atomic E-state index is 6.00. The van der Waals surface area contributed by atoms with Gasteiger partial charge in [-0.3, -0.25) is 0 Å². The third kappa shape index (κ3) is 3.84. The number of hydrogen-bond donors (Lipinski definition) is 0. The fourth-order valence-electron chi connectivity index (χ4n) is 2.90. The van der Waals surface area contributed by atoms with Crippen LogP contribution < -0.4 is 0 Å². The average molecular weight is 222 g/mol. The second kappa shape index (κ2) is 6.98. The first kappa shape index (κ1) is 12.0. The van der Waals surface area contributed by atoms with E-state index in [9.17, 15) is 0 Å². The van der Waals surface area contributed by atoms with Gasteiger partial charge in [0, 0.05) is 6.42 Å². The third-order valence-electron chi connectivity index (χ3n) is 3.93. The Labute approximate surface area is 100 Å². The molecule has 0 fully saturated rings. The van der Waals surface area contributed by atoms with Crippen LogP contribution in [-0.4, -0.2) is 6.61 Å². The number of rotatable bonds is 0. The lowest BCUT2D eigenvalue weighted by atomic mass is 9.93. The van der Waals surface area contributed by atoms with Crippen LogP contribution in [0.2, 0.25) is 0 Å². The van der Waals surface area contributed by atoms with E-state index in [1.807, 2.05) is 0 Å². The van der Waals surface area contributed by atoms with Gasteiger partial charge >= 0.3 is 0 Å². The summed E-state index contributed by atoms with van der Waals surface area (Å²) in [5.41, 5.74) is 1.66. The smallest absolute Gasteiger partial charge is 0.0951 e. The molecule has 1 aliphatic carbocycles. The zero-order valence-corrected chi connectivity index (χ0v) is 10.6. The van der Waals surface area contributed by atoms with Crippen LogP contribution >= 0.6 is 0 Å². The normalized spacial score (nSPS) is 25.0. The van der Waals surface area contributed by atoms with E-state index >= 15 is 0 Å². The molecule has 0 atom stereocenters. The molecule has 0 saturated heterocycles. The Morgan fingerprint density at radius 3 is 1.94 bits per heavy atom. The predicted octanol–water partition coefficient (Wildman–Crippen LogP) is 4.97. The molecular weight excluding hydrogens is 196 g/mol. The SMILES string of the molecule is C1CCCCOC2=C(CCCC1)CCCC2. The molecule has 1 heterocycles. The minimum atomic E-state index is 0.971. The molecule has 1 nitrogen and oxygen atoms in total. The zero-order chi connectivity index (χ0) is 11.1. The van der Waals surface area contributed by atoms with Crippen LogP contribution in [0.4, 0.5) is 0 Å². The maximum absolute atomic E-state index is 6.00. The highest BCUT2D eigenvalue weighted by atomic mass is 16.5. The van der Waals surface area contributed by atoms with Crippen LogP contribution in [0.25, 0.3) is 0 Å². The summed E-state index contributed by atoms with van der Waals surface area (Å²) in [7, 11) is 0. The number of ether oxygens (including phenoxy) is 1. The largest absolute Gasteiger partial charge is 0.498 e. The van der Waals surface area contributed by atoms with Gasteiger partial charge in [0.25, 0.3) is 0 Å². The molecule has 0 N–H and O–H groups in total. The first-order valence-corrected chi connectivity index (χ1v) is 7.30. The van der Waals surface area contributed by atoms with Crippen molar-refractivity contribution < 1.29 is 4.74 Å². The molecule has 2 aliphatic rings. The Morgan fingerprint density at radius 1 is 0.562 bits per heavy atom. The molecule has 2 rings (SSSR count). The molecule has 0 radical (unpaired) electrons. The molecule has 92 valence electrons. The van der Waals surface area contributed by atoms with E-state index in [1.165, 1.54) is 82.8 Å². The number of allylic oxidation sites excluding steroid dienone is 2. The van der Waals surface area contributed by atoms with E-state index in [2.05, 4.69) is 0 Å². The molecule has 0 spiro atoms. The minimum Gasteiger partial charge on any atom is -0.498 e. The minimum absolute atomic E-state index is 0.971. The highest BCUT2D eigenvalue weighted by Gasteiger charge is 2.13. The first-order valence-electron chi connectivity index (χ1n) is 7.30. The number of hydrogen-bond acceptors (Lipinski definition) is 1. The van der Waals surface area contributed by atoms with Gasteiger partial charge < -0.3 is 4.74 Å². The lowest BCUT2D eigenvalue weighted by molar-refractivity contribution is 0.183. The van der Waals surface area contributed by atoms with E-state index < -0.39 is 0 Å². The molecule has 0 amide bonds. The summed E-state index contributed by atoms with van der Waals surface area (Å²) < 4.78 is 6.00. The van der Waals surface area contributed by atoms with Crippen molar-refractivity contribution in [2.45, 2.75) is 77.0 Å². The summed E-state index contributed by atoms with van der Waals surface area (Å²) in [4.78, 5) is 0. The van der Waals surface area contributed by atoms with Gasteiger partial charge in [-0.1, -0.05) is 32.1 Å². The fraction of sp³-hybridized carbons (Fsp3) is 0.867. The van der Waals surface area contributed by atoms with Gasteiger partial charge in [-0.25, -0.2) is 0 Å². The van der Waals surface area contributed by atoms with E-state index in [0.29, 0.717) is 0 Å². The van der Waals surface area contributed by atoms with Gasteiger partial charge in [0.15, 0.2) is 0 Å². The van der Waals surface area contributed by atoms with Crippen molar-refractivity contribution in [2.75, 3.05) is 6.61 Å². The molecule has 1 heteroatoms. The fourth-order valence-corrected chi connectivity index (χ4v) is 2.90. The van der Waals surface area contributed by atoms with Crippen molar-refractivity contribution in [3.8, 4) is 0 Å². The predicted molar refractivity (Wildman–Crippen MR) is 68.4 cm³/mol. The highest BCUT2D eigenvalue weighted by molar-refractivity contribution is 5.11. The van der Waals surface area contributed by atoms with Crippen LogP contribution in [0.1, 0.15) is 77.0 Å². The van der Waals surface area contributed by atoms with Crippen LogP contribution in [-0.2, 0) is 4.74 Å². The highest BCUT2D eigenvalue weighted by Crippen LogP contribution is 2.29. The second-order valence-electron chi connectivity index (χ2n) is 5.31. The van der Waals surface area contributed by atoms with Crippen LogP contribution in [0.15, 0.2) is 11.3 Å². The Balaban J connectivity index is 1.91. The van der Waals surface area contributed by atoms with Crippen LogP contribution in [0.3, 0.4) is 0 Å². The molecule has 0 aromatic carbocycles. The molecule has 0 aromatic heterocycles. The standard InChI is InChI=1S/C15H26O/c1-2-4-6-10-14-11-7-8-12-15(14)16-13-9-5-3-1/h1-13H2. The Morgan fingerprint density at radius 2 is 1.12 bits per heavy atom. The van der Waals surface area contributed by atoms with Gasteiger partial charge in [-0.2, -0.15) is 0 Å². The van der Waals surface area contributed by atoms with Crippen molar-refractivity contribution >= 4 is 0 Å². The summed E-state index contributed by atoms with van der Waals surface area (Å²) in [6.07, 6.45) is 16.3. The lowest BCUT2D eigenvalue weighted by Crippen LogP contribution is -2.05. The van der Waals surface area contributed by atoms with E-state index in [1.54, 1.807) is 5.57 Å². The summed E-state index contributed by atoms with van der Waals surface area (Å²) in [6, 6.07) is 0. The third-order valence-corrected chi connectivity index (χ3v) is 3.93. The molecule has 0 bridgehead atoms. The summed E-state index contributed by atoms with van der Waals surface area (Å²) in [6.45, 7) is 0.971. The Hall–Kier alpha value is -0.460. The van der Waals surface area contributed by atoms with E-state index in [-0.39, 0.29) is 0 Å². The van der Waals surface area contributed by atoms with Crippen molar-refractivity contribution in [3.63, 3.8) is 0 Å². The van der Waals surface area contributed by atoms with Crippen LogP contribution in [0.5, 0.6) is 0 Å². The lowest BCUT2D eigenvalue weighted by Gasteiger charge is -2.21. The summed E-state index contributed by atoms with van der Waals surface area (Å²) >= 11 is 0. The molecular formula is C15H26O. The Kier molecular flexibility index (Phi) is 5.24. The summed E-state index contributed by atoms with van der Waals surface area (Å²) in [5, 5.41) is 0. The van der Waals surface area contributed by atoms with Crippen molar-refractivity contribution in [3.05, 3.63) is 11.3 Å². The van der Waals surface area contributed by atoms with Gasteiger partial charge in [0.05, 0.1) is 12.4 Å². The molecule has 0 aromatic rings. The van der Waals surface area contributed by atoms with Crippen molar-refractivity contribution in [1.29, 1.82) is 0 Å². The first-order chi connectivity index (χ1) is 7.97. The van der Waals surface area contributed by atoms with Crippen molar-refractivity contribution in [1.82, 2.24) is 0 Å². The van der Waals surface area contributed by atoms with E-state index in [0.717, 1.165) is 6.61 Å². The monoisotopic (exact) mass is 222 g/mol. The quantitative estimate of drug-likeness (QED) is 0.562. The topological polar surface area (TPSA) is 9.23 Å². The zero-order valence-electron chi connectivity index (χ0n) is 10.6. The molecule has 0 unspecified atom stereocenters. The van der Waals surface area contributed by atoms with Gasteiger partial charge in [0.2, 0.25) is 0 Å².